The highest BCUT2D eigenvalue weighted by Crippen LogP contribution is 2.25. The molecule has 10 heteroatoms. The molecular formula is C16H20N8O2. The average Bonchev–Trinajstić information content (AvgIpc) is 3.27. The van der Waals surface area contributed by atoms with Crippen molar-refractivity contribution in [2.75, 3.05) is 18.0 Å². The number of hydrogen-bond donors (Lipinski definition) is 3. The van der Waals surface area contributed by atoms with Crippen LogP contribution in [0.5, 0.6) is 0 Å². The van der Waals surface area contributed by atoms with Crippen LogP contribution in [0.2, 0.25) is 0 Å². The summed E-state index contributed by atoms with van der Waals surface area (Å²) in [5, 5.41) is 9.67. The minimum absolute atomic E-state index is 0.189. The summed E-state index contributed by atoms with van der Waals surface area (Å²) in [6, 6.07) is 0. The number of aryl methyl sites for hydroxylation is 2. The van der Waals surface area contributed by atoms with Gasteiger partial charge in [0.05, 0.1) is 18.1 Å². The van der Waals surface area contributed by atoms with Crippen LogP contribution in [0.15, 0.2) is 17.3 Å². The van der Waals surface area contributed by atoms with E-state index in [9.17, 15) is 9.59 Å². The van der Waals surface area contributed by atoms with Crippen molar-refractivity contribution >= 4 is 23.0 Å². The number of carbonyl (C=O) groups excluding carboxylic acids is 1. The zero-order valence-electron chi connectivity index (χ0n) is 14.8. The summed E-state index contributed by atoms with van der Waals surface area (Å²) in [7, 11) is 1.76. The van der Waals surface area contributed by atoms with Gasteiger partial charge >= 0.3 is 0 Å². The van der Waals surface area contributed by atoms with Crippen molar-refractivity contribution in [1.29, 1.82) is 0 Å². The molecule has 1 unspecified atom stereocenters. The number of aromatic nitrogens is 6. The van der Waals surface area contributed by atoms with Gasteiger partial charge in [0.1, 0.15) is 5.69 Å². The number of rotatable bonds is 3. The molecule has 0 aliphatic carbocycles. The Bertz CT molecular complexity index is 1050. The fourth-order valence-corrected chi connectivity index (χ4v) is 3.36. The van der Waals surface area contributed by atoms with Crippen LogP contribution in [0.3, 0.4) is 0 Å². The Hall–Kier alpha value is -3.17. The van der Waals surface area contributed by atoms with Gasteiger partial charge < -0.3 is 14.8 Å². The van der Waals surface area contributed by atoms with Crippen LogP contribution in [-0.2, 0) is 7.05 Å². The summed E-state index contributed by atoms with van der Waals surface area (Å²) in [5.74, 6) is 0.280. The largest absolute Gasteiger partial charge is 0.344 e. The third-order valence-corrected chi connectivity index (χ3v) is 4.81. The molecule has 4 rings (SSSR count). The molecule has 1 aliphatic heterocycles. The number of fused-ring (bicyclic) bond motifs is 1. The minimum atomic E-state index is -0.438. The molecule has 3 aromatic heterocycles. The van der Waals surface area contributed by atoms with Gasteiger partial charge in [-0.25, -0.2) is 4.98 Å². The predicted molar refractivity (Wildman–Crippen MR) is 95.2 cm³/mol. The van der Waals surface area contributed by atoms with E-state index in [-0.39, 0.29) is 11.5 Å². The predicted octanol–water partition coefficient (Wildman–Crippen LogP) is 0.0869. The van der Waals surface area contributed by atoms with Gasteiger partial charge in [0.15, 0.2) is 11.2 Å². The van der Waals surface area contributed by atoms with E-state index in [0.717, 1.165) is 12.0 Å². The molecular weight excluding hydrogens is 336 g/mol. The van der Waals surface area contributed by atoms with Gasteiger partial charge in [-0.05, 0) is 25.8 Å². The van der Waals surface area contributed by atoms with E-state index in [2.05, 4.69) is 30.5 Å². The first-order chi connectivity index (χ1) is 12.4. The van der Waals surface area contributed by atoms with Crippen LogP contribution in [0.1, 0.15) is 29.4 Å². The summed E-state index contributed by atoms with van der Waals surface area (Å²) < 4.78 is 1.64. The molecule has 10 nitrogen and oxygen atoms in total. The standard InChI is InChI=1S/C16H20N8O2/c1-9-6-18-22-10(9)13(25)21-16(2)4-5-24(7-16)15-19-12-11(14(26)20-15)23(3)8-17-12/h6,8H,4-5,7H2,1-3H3,(H,18,22)(H,21,25)(H,19,20,26). The van der Waals surface area contributed by atoms with Crippen LogP contribution in [0.4, 0.5) is 5.95 Å². The Labute approximate surface area is 148 Å². The van der Waals surface area contributed by atoms with Gasteiger partial charge in [-0.15, -0.1) is 0 Å². The van der Waals surface area contributed by atoms with Crippen molar-refractivity contribution in [2.45, 2.75) is 25.8 Å². The van der Waals surface area contributed by atoms with Crippen LogP contribution in [0.25, 0.3) is 11.2 Å². The molecule has 26 heavy (non-hydrogen) atoms. The number of aromatic amines is 2. The Morgan fingerprint density at radius 2 is 2.23 bits per heavy atom. The quantitative estimate of drug-likeness (QED) is 0.611. The number of anilines is 1. The normalized spacial score (nSPS) is 20.0. The van der Waals surface area contributed by atoms with Gasteiger partial charge in [0.2, 0.25) is 5.95 Å². The molecule has 3 N–H and O–H groups in total. The Morgan fingerprint density at radius 1 is 1.42 bits per heavy atom. The van der Waals surface area contributed by atoms with Crippen molar-refractivity contribution in [3.05, 3.63) is 34.1 Å². The van der Waals surface area contributed by atoms with Gasteiger partial charge in [0.25, 0.3) is 11.5 Å². The smallest absolute Gasteiger partial charge is 0.278 e. The molecule has 1 aliphatic rings. The SMILES string of the molecule is Cc1cn[nH]c1C(=O)NC1(C)CCN(c2nc3ncn(C)c3c(=O)[nH]2)C1. The summed E-state index contributed by atoms with van der Waals surface area (Å²) in [4.78, 5) is 38.2. The van der Waals surface area contributed by atoms with Crippen LogP contribution in [0, 0.1) is 6.92 Å². The van der Waals surface area contributed by atoms with Gasteiger partial charge in [-0.1, -0.05) is 0 Å². The van der Waals surface area contributed by atoms with E-state index >= 15 is 0 Å². The maximum atomic E-state index is 12.5. The number of hydrogen-bond acceptors (Lipinski definition) is 6. The number of amides is 1. The Kier molecular flexibility index (Phi) is 3.56. The van der Waals surface area contributed by atoms with Crippen molar-refractivity contribution in [3.63, 3.8) is 0 Å². The zero-order valence-corrected chi connectivity index (χ0v) is 14.8. The maximum Gasteiger partial charge on any atom is 0.278 e. The third-order valence-electron chi connectivity index (χ3n) is 4.81. The van der Waals surface area contributed by atoms with Crippen LogP contribution >= 0.6 is 0 Å². The van der Waals surface area contributed by atoms with Crippen LogP contribution < -0.4 is 15.8 Å². The van der Waals surface area contributed by atoms with Crippen LogP contribution in [-0.4, -0.2) is 54.3 Å². The first-order valence-electron chi connectivity index (χ1n) is 8.35. The summed E-state index contributed by atoms with van der Waals surface area (Å²) in [5.41, 5.74) is 1.46. The first-order valence-corrected chi connectivity index (χ1v) is 8.35. The molecule has 136 valence electrons. The third kappa shape index (κ3) is 2.63. The fraction of sp³-hybridized carbons (Fsp3) is 0.438. The van der Waals surface area contributed by atoms with E-state index < -0.39 is 5.54 Å². The van der Waals surface area contributed by atoms with Crippen molar-refractivity contribution < 1.29 is 4.79 Å². The first kappa shape index (κ1) is 16.3. The molecule has 0 bridgehead atoms. The number of imidazole rings is 1. The number of nitrogens with zero attached hydrogens (tertiary/aromatic N) is 5. The molecule has 3 aromatic rings. The van der Waals surface area contributed by atoms with E-state index in [1.807, 2.05) is 18.7 Å². The molecule has 1 fully saturated rings. The number of H-pyrrole nitrogens is 2. The second-order valence-electron chi connectivity index (χ2n) is 7.03. The van der Waals surface area contributed by atoms with Crippen molar-refractivity contribution in [2.24, 2.45) is 7.05 Å². The molecule has 1 saturated heterocycles. The average molecular weight is 356 g/mol. The lowest BCUT2D eigenvalue weighted by atomic mass is 10.0. The van der Waals surface area contributed by atoms with Crippen molar-refractivity contribution in [3.8, 4) is 0 Å². The highest BCUT2D eigenvalue weighted by Gasteiger charge is 2.37. The van der Waals surface area contributed by atoms with E-state index in [4.69, 9.17) is 0 Å². The highest BCUT2D eigenvalue weighted by molar-refractivity contribution is 5.94. The molecule has 0 saturated carbocycles. The molecule has 4 heterocycles. The van der Waals surface area contributed by atoms with E-state index in [1.54, 1.807) is 24.1 Å². The van der Waals surface area contributed by atoms with Gasteiger partial charge in [0, 0.05) is 20.1 Å². The Balaban J connectivity index is 1.55. The molecule has 0 spiro atoms. The molecule has 0 aromatic carbocycles. The summed E-state index contributed by atoms with van der Waals surface area (Å²) in [6.07, 6.45) is 3.92. The number of nitrogens with one attached hydrogen (secondary N) is 3. The lowest BCUT2D eigenvalue weighted by Crippen LogP contribution is -2.48. The minimum Gasteiger partial charge on any atom is -0.344 e. The highest BCUT2D eigenvalue weighted by atomic mass is 16.2. The maximum absolute atomic E-state index is 12.5. The fourth-order valence-electron chi connectivity index (χ4n) is 3.36. The zero-order chi connectivity index (χ0) is 18.5. The molecule has 1 atom stereocenters. The monoisotopic (exact) mass is 356 g/mol. The number of carbonyl (C=O) groups is 1. The second kappa shape index (κ2) is 5.68. The van der Waals surface area contributed by atoms with E-state index in [0.29, 0.717) is 35.9 Å². The molecule has 1 amide bonds. The summed E-state index contributed by atoms with van der Waals surface area (Å²) in [6.45, 7) is 5.01. The topological polar surface area (TPSA) is 125 Å². The van der Waals surface area contributed by atoms with Gasteiger partial charge in [-0.3, -0.25) is 19.7 Å². The van der Waals surface area contributed by atoms with Crippen molar-refractivity contribution in [1.82, 2.24) is 35.0 Å². The lowest BCUT2D eigenvalue weighted by Gasteiger charge is -2.26. The lowest BCUT2D eigenvalue weighted by molar-refractivity contribution is 0.0908. The van der Waals surface area contributed by atoms with E-state index in [1.165, 1.54) is 0 Å². The summed E-state index contributed by atoms with van der Waals surface area (Å²) >= 11 is 0. The molecule has 0 radical (unpaired) electrons. The Morgan fingerprint density at radius 3 is 2.96 bits per heavy atom. The second-order valence-corrected chi connectivity index (χ2v) is 7.03. The van der Waals surface area contributed by atoms with Gasteiger partial charge in [-0.2, -0.15) is 10.1 Å².